The van der Waals surface area contributed by atoms with E-state index in [9.17, 15) is 9.59 Å². The Morgan fingerprint density at radius 2 is 1.88 bits per heavy atom. The molecule has 0 unspecified atom stereocenters. The highest BCUT2D eigenvalue weighted by molar-refractivity contribution is 6.36. The third kappa shape index (κ3) is 5.29. The van der Waals surface area contributed by atoms with Gasteiger partial charge in [-0.3, -0.25) is 9.59 Å². The van der Waals surface area contributed by atoms with Crippen molar-refractivity contribution in [3.05, 3.63) is 35.9 Å². The van der Waals surface area contributed by atoms with E-state index >= 15 is 0 Å². The van der Waals surface area contributed by atoms with Gasteiger partial charge in [-0.25, -0.2) is 0 Å². The molecule has 0 aliphatic carbocycles. The minimum atomic E-state index is -0.450. The molecule has 0 aliphatic heterocycles. The van der Waals surface area contributed by atoms with Crippen molar-refractivity contribution in [1.29, 1.82) is 0 Å². The number of carbonyl (C=O) groups is 2. The normalized spacial score (nSPS) is 9.94. The zero-order chi connectivity index (χ0) is 12.5. The van der Waals surface area contributed by atoms with Gasteiger partial charge >= 0.3 is 0 Å². The molecule has 1 aromatic rings. The van der Waals surface area contributed by atoms with Gasteiger partial charge in [0.2, 0.25) is 5.78 Å². The zero-order valence-electron chi connectivity index (χ0n) is 10.2. The second kappa shape index (κ2) is 7.60. The molecule has 0 aromatic heterocycles. The Balaban J connectivity index is 2.27. The van der Waals surface area contributed by atoms with Crippen LogP contribution in [0.4, 0.5) is 0 Å². The van der Waals surface area contributed by atoms with E-state index in [-0.39, 0.29) is 12.2 Å². The van der Waals surface area contributed by atoms with Gasteiger partial charge in [0.05, 0.1) is 0 Å². The quantitative estimate of drug-likeness (QED) is 0.579. The monoisotopic (exact) mass is 233 g/mol. The van der Waals surface area contributed by atoms with E-state index in [2.05, 4.69) is 5.32 Å². The van der Waals surface area contributed by atoms with Crippen LogP contribution in [0.3, 0.4) is 0 Å². The maximum Gasteiger partial charge on any atom is 0.287 e. The van der Waals surface area contributed by atoms with Gasteiger partial charge in [-0.05, 0) is 18.4 Å². The van der Waals surface area contributed by atoms with E-state index in [1.54, 1.807) is 0 Å². The number of benzene rings is 1. The Hall–Kier alpha value is -1.64. The van der Waals surface area contributed by atoms with Gasteiger partial charge in [0, 0.05) is 13.0 Å². The maximum absolute atomic E-state index is 11.5. The van der Waals surface area contributed by atoms with Gasteiger partial charge in [0.15, 0.2) is 0 Å². The second-order valence-electron chi connectivity index (χ2n) is 4.02. The van der Waals surface area contributed by atoms with E-state index in [1.807, 2.05) is 37.3 Å². The number of rotatable bonds is 7. The van der Waals surface area contributed by atoms with Gasteiger partial charge in [-0.15, -0.1) is 0 Å². The lowest BCUT2D eigenvalue weighted by Crippen LogP contribution is -2.31. The molecule has 1 aromatic carbocycles. The molecule has 0 saturated carbocycles. The number of Topliss-reactive ketones (excluding diaryl/α,β-unsaturated/α-hetero) is 1. The largest absolute Gasteiger partial charge is 0.350 e. The van der Waals surface area contributed by atoms with Gasteiger partial charge in [-0.1, -0.05) is 43.7 Å². The molecule has 0 fully saturated rings. The third-order valence-corrected chi connectivity index (χ3v) is 2.55. The van der Waals surface area contributed by atoms with Crippen molar-refractivity contribution in [2.75, 3.05) is 6.54 Å². The SMILES string of the molecule is CCCCNC(=O)C(=O)CCc1ccccc1. The molecule has 3 nitrogen and oxygen atoms in total. The fraction of sp³-hybridized carbons (Fsp3) is 0.429. The summed E-state index contributed by atoms with van der Waals surface area (Å²) in [7, 11) is 0. The summed E-state index contributed by atoms with van der Waals surface area (Å²) in [6.07, 6.45) is 2.83. The van der Waals surface area contributed by atoms with Crippen LogP contribution in [-0.4, -0.2) is 18.2 Å². The molecule has 0 heterocycles. The van der Waals surface area contributed by atoms with E-state index in [4.69, 9.17) is 0 Å². The summed E-state index contributed by atoms with van der Waals surface area (Å²) in [4.78, 5) is 22.9. The van der Waals surface area contributed by atoms with Crippen molar-refractivity contribution in [3.63, 3.8) is 0 Å². The Labute approximate surface area is 102 Å². The van der Waals surface area contributed by atoms with E-state index in [1.165, 1.54) is 0 Å². The van der Waals surface area contributed by atoms with Gasteiger partial charge in [-0.2, -0.15) is 0 Å². The summed E-state index contributed by atoms with van der Waals surface area (Å²) in [6.45, 7) is 2.63. The van der Waals surface area contributed by atoms with Crippen molar-refractivity contribution in [2.45, 2.75) is 32.6 Å². The summed E-state index contributed by atoms with van der Waals surface area (Å²) in [5.74, 6) is -0.778. The van der Waals surface area contributed by atoms with E-state index in [0.717, 1.165) is 18.4 Å². The van der Waals surface area contributed by atoms with Crippen LogP contribution >= 0.6 is 0 Å². The molecule has 1 amide bonds. The highest BCUT2D eigenvalue weighted by atomic mass is 16.2. The van der Waals surface area contributed by atoms with Gasteiger partial charge in [0.1, 0.15) is 0 Å². The average Bonchev–Trinajstić information content (AvgIpc) is 2.37. The lowest BCUT2D eigenvalue weighted by atomic mass is 10.1. The van der Waals surface area contributed by atoms with Gasteiger partial charge in [0.25, 0.3) is 5.91 Å². The van der Waals surface area contributed by atoms with Crippen molar-refractivity contribution in [3.8, 4) is 0 Å². The van der Waals surface area contributed by atoms with Crippen LogP contribution in [0.5, 0.6) is 0 Å². The minimum Gasteiger partial charge on any atom is -0.350 e. The molecule has 1 rings (SSSR count). The van der Waals surface area contributed by atoms with Crippen LogP contribution < -0.4 is 5.32 Å². The number of ketones is 1. The second-order valence-corrected chi connectivity index (χ2v) is 4.02. The molecule has 92 valence electrons. The molecular weight excluding hydrogens is 214 g/mol. The van der Waals surface area contributed by atoms with Crippen molar-refractivity contribution < 1.29 is 9.59 Å². The molecule has 0 atom stereocenters. The zero-order valence-corrected chi connectivity index (χ0v) is 10.2. The molecule has 0 aliphatic rings. The number of hydrogen-bond acceptors (Lipinski definition) is 2. The van der Waals surface area contributed by atoms with E-state index in [0.29, 0.717) is 13.0 Å². The van der Waals surface area contributed by atoms with Crippen molar-refractivity contribution in [2.24, 2.45) is 0 Å². The first-order chi connectivity index (χ1) is 8.24. The first kappa shape index (κ1) is 13.4. The summed E-state index contributed by atoms with van der Waals surface area (Å²) in [5, 5.41) is 2.63. The fourth-order valence-electron chi connectivity index (χ4n) is 1.49. The van der Waals surface area contributed by atoms with Crippen LogP contribution in [-0.2, 0) is 16.0 Å². The van der Waals surface area contributed by atoms with Crippen LogP contribution in [0.25, 0.3) is 0 Å². The minimum absolute atomic E-state index is 0.280. The summed E-state index contributed by atoms with van der Waals surface area (Å²) < 4.78 is 0. The molecule has 0 radical (unpaired) electrons. The molecular formula is C14H19NO2. The maximum atomic E-state index is 11.5. The number of nitrogens with one attached hydrogen (secondary N) is 1. The predicted molar refractivity (Wildman–Crippen MR) is 67.7 cm³/mol. The highest BCUT2D eigenvalue weighted by Gasteiger charge is 2.12. The van der Waals surface area contributed by atoms with Gasteiger partial charge < -0.3 is 5.32 Å². The van der Waals surface area contributed by atoms with Crippen LogP contribution in [0.2, 0.25) is 0 Å². The van der Waals surface area contributed by atoms with Crippen LogP contribution in [0, 0.1) is 0 Å². The van der Waals surface area contributed by atoms with Crippen LogP contribution in [0.15, 0.2) is 30.3 Å². The fourth-order valence-corrected chi connectivity index (χ4v) is 1.49. The Bertz CT molecular complexity index is 360. The summed E-state index contributed by atoms with van der Waals surface area (Å²) in [6, 6.07) is 9.72. The van der Waals surface area contributed by atoms with Crippen molar-refractivity contribution in [1.82, 2.24) is 5.32 Å². The number of aryl methyl sites for hydroxylation is 1. The molecule has 17 heavy (non-hydrogen) atoms. The number of carbonyl (C=O) groups excluding carboxylic acids is 2. The molecule has 0 spiro atoms. The average molecular weight is 233 g/mol. The Morgan fingerprint density at radius 3 is 2.53 bits per heavy atom. The van der Waals surface area contributed by atoms with Crippen LogP contribution in [0.1, 0.15) is 31.7 Å². The third-order valence-electron chi connectivity index (χ3n) is 2.55. The Kier molecular flexibility index (Phi) is 6.00. The molecule has 3 heteroatoms. The number of unbranched alkanes of at least 4 members (excludes halogenated alkanes) is 1. The first-order valence-corrected chi connectivity index (χ1v) is 6.09. The first-order valence-electron chi connectivity index (χ1n) is 6.09. The lowest BCUT2D eigenvalue weighted by Gasteiger charge is -2.03. The molecule has 0 saturated heterocycles. The number of hydrogen-bond donors (Lipinski definition) is 1. The summed E-state index contributed by atoms with van der Waals surface area (Å²) >= 11 is 0. The Morgan fingerprint density at radius 1 is 1.18 bits per heavy atom. The predicted octanol–water partition coefficient (Wildman–Crippen LogP) is 2.10. The standard InChI is InChI=1S/C14H19NO2/c1-2-3-11-15-14(17)13(16)10-9-12-7-5-4-6-8-12/h4-8H,2-3,9-11H2,1H3,(H,15,17). The highest BCUT2D eigenvalue weighted by Crippen LogP contribution is 2.02. The molecule has 1 N–H and O–H groups in total. The van der Waals surface area contributed by atoms with Crippen molar-refractivity contribution >= 4 is 11.7 Å². The lowest BCUT2D eigenvalue weighted by molar-refractivity contribution is -0.137. The topological polar surface area (TPSA) is 46.2 Å². The summed E-state index contributed by atoms with van der Waals surface area (Å²) in [5.41, 5.74) is 1.09. The smallest absolute Gasteiger partial charge is 0.287 e. The molecule has 0 bridgehead atoms. The van der Waals surface area contributed by atoms with E-state index < -0.39 is 5.91 Å². The number of amides is 1.